The summed E-state index contributed by atoms with van der Waals surface area (Å²) in [7, 11) is 0. The van der Waals surface area contributed by atoms with E-state index in [9.17, 15) is 9.59 Å². The zero-order valence-corrected chi connectivity index (χ0v) is 14.1. The monoisotopic (exact) mass is 346 g/mol. The van der Waals surface area contributed by atoms with Crippen molar-refractivity contribution in [1.82, 2.24) is 10.3 Å². The standard InChI is InChI=1S/C21H18N2O3/c24-20(22-13-16-12-15-8-4-5-9-19(15)26-16)17-10-11-18(23-21(17)25)14-6-2-1-3-7-14/h1-11,16H,12-13H2,(H,22,24)(H,23,25). The number of rotatable bonds is 4. The fourth-order valence-electron chi connectivity index (χ4n) is 3.11. The number of carbonyl (C=O) groups is 1. The highest BCUT2D eigenvalue weighted by molar-refractivity contribution is 5.94. The van der Waals surface area contributed by atoms with Crippen molar-refractivity contribution in [3.63, 3.8) is 0 Å². The number of amides is 1. The van der Waals surface area contributed by atoms with Gasteiger partial charge in [-0.2, -0.15) is 0 Å². The summed E-state index contributed by atoms with van der Waals surface area (Å²) in [4.78, 5) is 27.4. The number of H-pyrrole nitrogens is 1. The average molecular weight is 346 g/mol. The quantitative estimate of drug-likeness (QED) is 0.763. The molecule has 0 radical (unpaired) electrons. The topological polar surface area (TPSA) is 71.2 Å². The number of aromatic amines is 1. The van der Waals surface area contributed by atoms with E-state index >= 15 is 0 Å². The van der Waals surface area contributed by atoms with Crippen LogP contribution in [0.2, 0.25) is 0 Å². The van der Waals surface area contributed by atoms with Crippen LogP contribution in [0.4, 0.5) is 0 Å². The molecule has 1 aliphatic heterocycles. The van der Waals surface area contributed by atoms with Gasteiger partial charge in [0.2, 0.25) is 0 Å². The van der Waals surface area contributed by atoms with Crippen molar-refractivity contribution in [2.45, 2.75) is 12.5 Å². The molecule has 5 nitrogen and oxygen atoms in total. The van der Waals surface area contributed by atoms with Crippen molar-refractivity contribution in [3.8, 4) is 17.0 Å². The molecule has 1 atom stereocenters. The minimum Gasteiger partial charge on any atom is -0.488 e. The Morgan fingerprint density at radius 1 is 1.04 bits per heavy atom. The smallest absolute Gasteiger partial charge is 0.261 e. The SMILES string of the molecule is O=C(NCC1Cc2ccccc2O1)c1ccc(-c2ccccc2)[nH]c1=O. The van der Waals surface area contributed by atoms with Gasteiger partial charge in [-0.25, -0.2) is 0 Å². The Balaban J connectivity index is 1.42. The highest BCUT2D eigenvalue weighted by Crippen LogP contribution is 2.27. The van der Waals surface area contributed by atoms with Crippen LogP contribution in [0.15, 0.2) is 71.5 Å². The molecule has 0 saturated heterocycles. The third-order valence-electron chi connectivity index (χ3n) is 4.44. The summed E-state index contributed by atoms with van der Waals surface area (Å²) in [6.07, 6.45) is 0.638. The van der Waals surface area contributed by atoms with Crippen molar-refractivity contribution in [2.75, 3.05) is 6.54 Å². The molecule has 0 fully saturated rings. The van der Waals surface area contributed by atoms with E-state index in [1.165, 1.54) is 0 Å². The first kappa shape index (κ1) is 16.1. The van der Waals surface area contributed by atoms with Crippen molar-refractivity contribution >= 4 is 5.91 Å². The first-order valence-electron chi connectivity index (χ1n) is 8.52. The van der Waals surface area contributed by atoms with Crippen molar-refractivity contribution in [1.29, 1.82) is 0 Å². The average Bonchev–Trinajstić information content (AvgIpc) is 3.10. The summed E-state index contributed by atoms with van der Waals surface area (Å²) in [5.41, 5.74) is 2.41. The van der Waals surface area contributed by atoms with Gasteiger partial charge in [-0.3, -0.25) is 9.59 Å². The maximum Gasteiger partial charge on any atom is 0.261 e. The Morgan fingerprint density at radius 3 is 2.58 bits per heavy atom. The van der Waals surface area contributed by atoms with Gasteiger partial charge < -0.3 is 15.0 Å². The predicted octanol–water partition coefficient (Wildman–Crippen LogP) is 2.78. The number of para-hydroxylation sites is 1. The van der Waals surface area contributed by atoms with E-state index < -0.39 is 11.5 Å². The van der Waals surface area contributed by atoms with Gasteiger partial charge in [0.15, 0.2) is 0 Å². The van der Waals surface area contributed by atoms with Crippen LogP contribution < -0.4 is 15.6 Å². The number of carbonyl (C=O) groups excluding carboxylic acids is 1. The third-order valence-corrected chi connectivity index (χ3v) is 4.44. The Hall–Kier alpha value is -3.34. The van der Waals surface area contributed by atoms with E-state index in [1.54, 1.807) is 12.1 Å². The van der Waals surface area contributed by atoms with E-state index in [0.29, 0.717) is 12.2 Å². The number of benzene rings is 2. The lowest BCUT2D eigenvalue weighted by Crippen LogP contribution is -2.36. The number of hydrogen-bond acceptors (Lipinski definition) is 3. The molecule has 26 heavy (non-hydrogen) atoms. The van der Waals surface area contributed by atoms with Gasteiger partial charge >= 0.3 is 0 Å². The maximum absolute atomic E-state index is 12.4. The molecule has 1 unspecified atom stereocenters. The van der Waals surface area contributed by atoms with Gasteiger partial charge in [-0.05, 0) is 29.3 Å². The van der Waals surface area contributed by atoms with E-state index in [4.69, 9.17) is 4.74 Å². The van der Waals surface area contributed by atoms with Gasteiger partial charge in [-0.15, -0.1) is 0 Å². The van der Waals surface area contributed by atoms with Gasteiger partial charge in [-0.1, -0.05) is 48.5 Å². The van der Waals surface area contributed by atoms with Gasteiger partial charge in [0.25, 0.3) is 11.5 Å². The van der Waals surface area contributed by atoms with E-state index in [2.05, 4.69) is 10.3 Å². The maximum atomic E-state index is 12.4. The number of nitrogens with one attached hydrogen (secondary N) is 2. The molecule has 0 bridgehead atoms. The number of ether oxygens (including phenoxy) is 1. The van der Waals surface area contributed by atoms with E-state index in [0.717, 1.165) is 23.3 Å². The fraction of sp³-hybridized carbons (Fsp3) is 0.143. The van der Waals surface area contributed by atoms with Crippen molar-refractivity contribution in [2.24, 2.45) is 0 Å². The van der Waals surface area contributed by atoms with Crippen LogP contribution in [0.3, 0.4) is 0 Å². The zero-order chi connectivity index (χ0) is 17.9. The van der Waals surface area contributed by atoms with Crippen LogP contribution in [0, 0.1) is 0 Å². The third kappa shape index (κ3) is 3.24. The van der Waals surface area contributed by atoms with Gasteiger partial charge in [0, 0.05) is 12.1 Å². The lowest BCUT2D eigenvalue weighted by Gasteiger charge is -2.12. The molecule has 1 aromatic heterocycles. The Kier molecular flexibility index (Phi) is 4.27. The molecular formula is C21H18N2O3. The number of hydrogen-bond donors (Lipinski definition) is 2. The molecule has 2 heterocycles. The summed E-state index contributed by atoms with van der Waals surface area (Å²) in [6.45, 7) is 0.355. The largest absolute Gasteiger partial charge is 0.488 e. The molecule has 3 aromatic rings. The number of fused-ring (bicyclic) bond motifs is 1. The van der Waals surface area contributed by atoms with Crippen LogP contribution in [0.5, 0.6) is 5.75 Å². The first-order chi connectivity index (χ1) is 12.7. The summed E-state index contributed by atoms with van der Waals surface area (Å²) >= 11 is 0. The van der Waals surface area contributed by atoms with Crippen LogP contribution >= 0.6 is 0 Å². The highest BCUT2D eigenvalue weighted by Gasteiger charge is 2.23. The normalized spacial score (nSPS) is 15.2. The van der Waals surface area contributed by atoms with Crippen LogP contribution in [0.1, 0.15) is 15.9 Å². The summed E-state index contributed by atoms with van der Waals surface area (Å²) < 4.78 is 5.80. The lowest BCUT2D eigenvalue weighted by molar-refractivity contribution is 0.0932. The first-order valence-corrected chi connectivity index (χ1v) is 8.52. The zero-order valence-electron chi connectivity index (χ0n) is 14.1. The molecule has 4 rings (SSSR count). The summed E-state index contributed by atoms with van der Waals surface area (Å²) in [5, 5.41) is 2.79. The second kappa shape index (κ2) is 6.88. The minimum absolute atomic E-state index is 0.0974. The number of aromatic nitrogens is 1. The molecule has 0 aliphatic carbocycles. The Labute approximate surface area is 150 Å². The minimum atomic E-state index is -0.403. The Morgan fingerprint density at radius 2 is 1.81 bits per heavy atom. The van der Waals surface area contributed by atoms with Crippen LogP contribution in [-0.2, 0) is 6.42 Å². The molecule has 2 aromatic carbocycles. The lowest BCUT2D eigenvalue weighted by atomic mass is 10.1. The van der Waals surface area contributed by atoms with E-state index in [1.807, 2.05) is 54.6 Å². The van der Waals surface area contributed by atoms with Gasteiger partial charge in [0.1, 0.15) is 17.4 Å². The molecule has 0 spiro atoms. The molecule has 1 aliphatic rings. The molecule has 5 heteroatoms. The van der Waals surface area contributed by atoms with Gasteiger partial charge in [0.05, 0.1) is 6.54 Å². The highest BCUT2D eigenvalue weighted by atomic mass is 16.5. The number of pyridine rings is 1. The fourth-order valence-corrected chi connectivity index (χ4v) is 3.11. The summed E-state index contributed by atoms with van der Waals surface area (Å²) in [5.74, 6) is 0.460. The van der Waals surface area contributed by atoms with Crippen molar-refractivity contribution < 1.29 is 9.53 Å². The second-order valence-corrected chi connectivity index (χ2v) is 6.24. The van der Waals surface area contributed by atoms with E-state index in [-0.39, 0.29) is 11.7 Å². The van der Waals surface area contributed by atoms with Crippen molar-refractivity contribution in [3.05, 3.63) is 88.2 Å². The second-order valence-electron chi connectivity index (χ2n) is 6.24. The molecule has 130 valence electrons. The molecule has 2 N–H and O–H groups in total. The summed E-state index contributed by atoms with van der Waals surface area (Å²) in [6, 6.07) is 20.6. The molecule has 0 saturated carbocycles. The predicted molar refractivity (Wildman–Crippen MR) is 99.4 cm³/mol. The Bertz CT molecular complexity index is 970. The molecule has 1 amide bonds. The molecular weight excluding hydrogens is 328 g/mol. The van der Waals surface area contributed by atoms with Crippen LogP contribution in [-0.4, -0.2) is 23.5 Å². The van der Waals surface area contributed by atoms with Crippen LogP contribution in [0.25, 0.3) is 11.3 Å².